The molecule has 1 heterocycles. The molecule has 2 atom stereocenters. The van der Waals surface area contributed by atoms with Gasteiger partial charge in [-0.2, -0.15) is 0 Å². The van der Waals surface area contributed by atoms with Gasteiger partial charge in [0.2, 0.25) is 0 Å². The third-order valence-electron chi connectivity index (χ3n) is 13.4. The quantitative estimate of drug-likeness (QED) is 0.150. The summed E-state index contributed by atoms with van der Waals surface area (Å²) in [5.74, 6) is 1.22. The average Bonchev–Trinajstić information content (AvgIpc) is 3.38. The van der Waals surface area contributed by atoms with Gasteiger partial charge in [0.25, 0.3) is 0 Å². The van der Waals surface area contributed by atoms with Gasteiger partial charge < -0.3 is 0 Å². The van der Waals surface area contributed by atoms with Crippen LogP contribution in [-0.4, -0.2) is 9.97 Å². The van der Waals surface area contributed by atoms with Crippen LogP contribution < -0.4 is 0 Å². The van der Waals surface area contributed by atoms with Crippen molar-refractivity contribution < 1.29 is 0 Å². The van der Waals surface area contributed by atoms with E-state index in [1.807, 2.05) is 0 Å². The van der Waals surface area contributed by atoms with Crippen LogP contribution in [-0.2, 0) is 0 Å². The SMILES string of the molecule is CC1C=CC=CC1c1nc(-c2ccc(-c3ccc(-c4cc5ccccc5c5ccccc45)cc3)cc2)cc(-c2ccc(-c3ccc(-c4cc5ccccc5c5ccccc45)cc3)cc2)n1. The van der Waals surface area contributed by atoms with Crippen molar-refractivity contribution in [3.8, 4) is 67.0 Å². The number of fused-ring (bicyclic) bond motifs is 6. The maximum atomic E-state index is 5.23. The highest BCUT2D eigenvalue weighted by Crippen LogP contribution is 2.39. The zero-order chi connectivity index (χ0) is 43.3. The molecule has 2 unspecified atom stereocenters. The Balaban J connectivity index is 0.837. The molecule has 0 fully saturated rings. The Morgan fingerprint density at radius 2 is 0.646 bits per heavy atom. The molecular formula is C63H44N2. The van der Waals surface area contributed by atoms with Crippen LogP contribution in [0.3, 0.4) is 0 Å². The number of hydrogen-bond donors (Lipinski definition) is 0. The highest BCUT2D eigenvalue weighted by Gasteiger charge is 2.22. The van der Waals surface area contributed by atoms with E-state index in [9.17, 15) is 0 Å². The Morgan fingerprint density at radius 1 is 0.308 bits per heavy atom. The third kappa shape index (κ3) is 7.10. The van der Waals surface area contributed by atoms with E-state index in [1.54, 1.807) is 0 Å². The van der Waals surface area contributed by atoms with Gasteiger partial charge in [0.05, 0.1) is 11.4 Å². The fourth-order valence-electron chi connectivity index (χ4n) is 9.89. The summed E-state index contributed by atoms with van der Waals surface area (Å²) in [6, 6.07) is 77.2. The molecule has 1 aliphatic rings. The minimum absolute atomic E-state index is 0.0914. The lowest BCUT2D eigenvalue weighted by molar-refractivity contribution is 0.603. The van der Waals surface area contributed by atoms with Gasteiger partial charge in [-0.05, 0) is 112 Å². The van der Waals surface area contributed by atoms with Crippen LogP contribution in [0.15, 0.2) is 237 Å². The number of benzene rings is 10. The van der Waals surface area contributed by atoms with Crippen molar-refractivity contribution in [2.75, 3.05) is 0 Å². The summed E-state index contributed by atoms with van der Waals surface area (Å²) in [5, 5.41) is 10.2. The largest absolute Gasteiger partial charge is 0.232 e. The van der Waals surface area contributed by atoms with Crippen molar-refractivity contribution in [1.82, 2.24) is 9.97 Å². The van der Waals surface area contributed by atoms with Gasteiger partial charge in [-0.15, -0.1) is 0 Å². The Labute approximate surface area is 379 Å². The average molecular weight is 829 g/mol. The van der Waals surface area contributed by atoms with Crippen LogP contribution in [0.1, 0.15) is 18.7 Å². The molecule has 0 radical (unpaired) electrons. The second-order valence-electron chi connectivity index (χ2n) is 17.3. The van der Waals surface area contributed by atoms with E-state index in [0.717, 1.165) is 28.3 Å². The molecule has 0 N–H and O–H groups in total. The maximum absolute atomic E-state index is 5.23. The molecule has 0 bridgehead atoms. The van der Waals surface area contributed by atoms with Crippen molar-refractivity contribution in [3.05, 3.63) is 242 Å². The summed E-state index contributed by atoms with van der Waals surface area (Å²) in [4.78, 5) is 10.5. The molecule has 2 heteroatoms. The topological polar surface area (TPSA) is 25.8 Å². The highest BCUT2D eigenvalue weighted by atomic mass is 14.9. The number of rotatable bonds is 7. The summed E-state index contributed by atoms with van der Waals surface area (Å²) in [6.07, 6.45) is 8.71. The number of aromatic nitrogens is 2. The van der Waals surface area contributed by atoms with Crippen LogP contribution in [0.2, 0.25) is 0 Å². The summed E-state index contributed by atoms with van der Waals surface area (Å²) in [5.41, 5.74) is 13.6. The van der Waals surface area contributed by atoms with Crippen molar-refractivity contribution in [3.63, 3.8) is 0 Å². The summed E-state index contributed by atoms with van der Waals surface area (Å²) < 4.78 is 0. The van der Waals surface area contributed by atoms with Gasteiger partial charge in [-0.25, -0.2) is 9.97 Å². The van der Waals surface area contributed by atoms with E-state index < -0.39 is 0 Å². The zero-order valence-electron chi connectivity index (χ0n) is 36.1. The highest BCUT2D eigenvalue weighted by molar-refractivity contribution is 6.15. The molecule has 1 aliphatic carbocycles. The molecule has 0 amide bonds. The van der Waals surface area contributed by atoms with Gasteiger partial charge in [0, 0.05) is 17.0 Å². The first-order chi connectivity index (χ1) is 32.1. The smallest absolute Gasteiger partial charge is 0.137 e. The van der Waals surface area contributed by atoms with Crippen LogP contribution in [0, 0.1) is 5.92 Å². The standard InChI is InChI=1S/C63H44N2/c1-41-12-2-5-15-52(41)63-64-61(48-34-26-44(27-35-48)42-22-30-46(31-23-42)59-38-50-13-3-6-16-53(50)55-18-8-10-20-57(55)59)40-62(65-63)49-36-28-45(29-37-49)43-24-32-47(33-25-43)60-39-51-14-4-7-17-54(51)56-19-9-11-21-58(56)60/h2-41,52H,1H3. The van der Waals surface area contributed by atoms with E-state index in [-0.39, 0.29) is 5.92 Å². The van der Waals surface area contributed by atoms with Crippen LogP contribution >= 0.6 is 0 Å². The molecule has 11 aromatic rings. The Morgan fingerprint density at radius 3 is 1.06 bits per heavy atom. The van der Waals surface area contributed by atoms with Crippen LogP contribution in [0.4, 0.5) is 0 Å². The Kier molecular flexibility index (Phi) is 9.57. The number of allylic oxidation sites excluding steroid dienone is 4. The molecule has 0 aliphatic heterocycles. The molecule has 0 saturated heterocycles. The lowest BCUT2D eigenvalue weighted by Crippen LogP contribution is -2.12. The number of hydrogen-bond acceptors (Lipinski definition) is 2. The normalized spacial score (nSPS) is 14.7. The van der Waals surface area contributed by atoms with Gasteiger partial charge in [0.1, 0.15) is 5.82 Å². The van der Waals surface area contributed by atoms with Crippen LogP contribution in [0.25, 0.3) is 110 Å². The third-order valence-corrected chi connectivity index (χ3v) is 13.4. The minimum Gasteiger partial charge on any atom is -0.232 e. The fourth-order valence-corrected chi connectivity index (χ4v) is 9.89. The van der Waals surface area contributed by atoms with E-state index in [1.165, 1.54) is 87.6 Å². The Bertz CT molecular complexity index is 3410. The molecule has 0 spiro atoms. The minimum atomic E-state index is 0.0914. The molecule has 65 heavy (non-hydrogen) atoms. The predicted octanol–water partition coefficient (Wildman–Crippen LogP) is 16.9. The van der Waals surface area contributed by atoms with E-state index in [2.05, 4.69) is 244 Å². The monoisotopic (exact) mass is 828 g/mol. The molecule has 10 aromatic carbocycles. The van der Waals surface area contributed by atoms with Crippen molar-refractivity contribution in [2.24, 2.45) is 5.92 Å². The summed E-state index contributed by atoms with van der Waals surface area (Å²) in [7, 11) is 0. The first-order valence-electron chi connectivity index (χ1n) is 22.6. The van der Waals surface area contributed by atoms with E-state index in [4.69, 9.17) is 9.97 Å². The summed E-state index contributed by atoms with van der Waals surface area (Å²) >= 11 is 0. The predicted molar refractivity (Wildman–Crippen MR) is 275 cm³/mol. The lowest BCUT2D eigenvalue weighted by Gasteiger charge is -2.20. The van der Waals surface area contributed by atoms with Crippen molar-refractivity contribution in [1.29, 1.82) is 0 Å². The molecule has 1 aromatic heterocycles. The van der Waals surface area contributed by atoms with Gasteiger partial charge in [0.15, 0.2) is 0 Å². The lowest BCUT2D eigenvalue weighted by atomic mass is 9.89. The Hall–Kier alpha value is -8.20. The van der Waals surface area contributed by atoms with E-state index in [0.29, 0.717) is 5.92 Å². The first kappa shape index (κ1) is 38.5. The molecule has 0 saturated carbocycles. The van der Waals surface area contributed by atoms with Crippen LogP contribution in [0.5, 0.6) is 0 Å². The second-order valence-corrected chi connectivity index (χ2v) is 17.3. The molecule has 12 rings (SSSR count). The van der Waals surface area contributed by atoms with Crippen molar-refractivity contribution in [2.45, 2.75) is 12.8 Å². The summed E-state index contributed by atoms with van der Waals surface area (Å²) in [6.45, 7) is 2.24. The van der Waals surface area contributed by atoms with Crippen molar-refractivity contribution >= 4 is 43.1 Å². The number of nitrogens with zero attached hydrogens (tertiary/aromatic N) is 2. The molecule has 306 valence electrons. The van der Waals surface area contributed by atoms with Gasteiger partial charge in [-0.1, -0.05) is 225 Å². The van der Waals surface area contributed by atoms with Gasteiger partial charge >= 0.3 is 0 Å². The van der Waals surface area contributed by atoms with Gasteiger partial charge in [-0.3, -0.25) is 0 Å². The fraction of sp³-hybridized carbons (Fsp3) is 0.0476. The maximum Gasteiger partial charge on any atom is 0.137 e. The first-order valence-corrected chi connectivity index (χ1v) is 22.6. The second kappa shape index (κ2) is 16.2. The molecule has 2 nitrogen and oxygen atoms in total. The zero-order valence-corrected chi connectivity index (χ0v) is 36.1. The van der Waals surface area contributed by atoms with E-state index >= 15 is 0 Å². The molecular weight excluding hydrogens is 785 g/mol.